The van der Waals surface area contributed by atoms with Gasteiger partial charge in [0.15, 0.2) is 5.65 Å². The molecule has 0 saturated carbocycles. The minimum Gasteiger partial charge on any atom is -0.326 e. The Morgan fingerprint density at radius 3 is 2.59 bits per heavy atom. The topological polar surface area (TPSA) is 79.3 Å². The SMILES string of the molecule is Cc1ccc(NC(=O)Cc2c(C)nc3cc(=O)[nH]n3c2C)cc1C(F)(F)F. The van der Waals surface area contributed by atoms with Gasteiger partial charge in [-0.2, -0.15) is 13.2 Å². The van der Waals surface area contributed by atoms with Crippen molar-refractivity contribution in [3.63, 3.8) is 0 Å². The molecule has 0 aliphatic carbocycles. The molecule has 0 saturated heterocycles. The molecule has 2 heterocycles. The zero-order chi connectivity index (χ0) is 19.9. The van der Waals surface area contributed by atoms with E-state index in [4.69, 9.17) is 0 Å². The highest BCUT2D eigenvalue weighted by Crippen LogP contribution is 2.33. The second kappa shape index (κ2) is 6.57. The molecule has 3 aromatic rings. The molecule has 0 atom stereocenters. The summed E-state index contributed by atoms with van der Waals surface area (Å²) in [7, 11) is 0. The number of carbonyl (C=O) groups is 1. The fourth-order valence-electron chi connectivity index (χ4n) is 2.98. The van der Waals surface area contributed by atoms with Gasteiger partial charge in [0.2, 0.25) is 5.91 Å². The summed E-state index contributed by atoms with van der Waals surface area (Å²) < 4.78 is 40.5. The second-order valence-corrected chi connectivity index (χ2v) is 6.33. The largest absolute Gasteiger partial charge is 0.416 e. The van der Waals surface area contributed by atoms with Crippen molar-refractivity contribution >= 4 is 17.2 Å². The number of nitrogens with zero attached hydrogens (tertiary/aromatic N) is 2. The maximum absolute atomic E-state index is 13.0. The Balaban J connectivity index is 1.87. The van der Waals surface area contributed by atoms with Gasteiger partial charge in [-0.15, -0.1) is 0 Å². The molecule has 9 heteroatoms. The van der Waals surface area contributed by atoms with Crippen molar-refractivity contribution in [2.45, 2.75) is 33.4 Å². The fourth-order valence-corrected chi connectivity index (χ4v) is 2.98. The molecule has 0 radical (unpaired) electrons. The first-order valence-corrected chi connectivity index (χ1v) is 8.12. The Labute approximate surface area is 152 Å². The first kappa shape index (κ1) is 18.7. The fraction of sp³-hybridized carbons (Fsp3) is 0.278. The van der Waals surface area contributed by atoms with E-state index in [-0.39, 0.29) is 23.2 Å². The van der Waals surface area contributed by atoms with Crippen LogP contribution in [0.2, 0.25) is 0 Å². The van der Waals surface area contributed by atoms with Crippen molar-refractivity contribution in [2.75, 3.05) is 5.32 Å². The number of amides is 1. The van der Waals surface area contributed by atoms with Gasteiger partial charge >= 0.3 is 6.18 Å². The van der Waals surface area contributed by atoms with Crippen LogP contribution >= 0.6 is 0 Å². The number of carbonyl (C=O) groups excluding carboxylic acids is 1. The third kappa shape index (κ3) is 3.71. The minimum absolute atomic E-state index is 0.0663. The smallest absolute Gasteiger partial charge is 0.326 e. The summed E-state index contributed by atoms with van der Waals surface area (Å²) in [6, 6.07) is 4.99. The zero-order valence-electron chi connectivity index (χ0n) is 14.9. The van der Waals surface area contributed by atoms with E-state index in [0.717, 1.165) is 6.07 Å². The maximum atomic E-state index is 13.0. The van der Waals surface area contributed by atoms with E-state index in [2.05, 4.69) is 15.4 Å². The maximum Gasteiger partial charge on any atom is 0.416 e. The summed E-state index contributed by atoms with van der Waals surface area (Å²) in [6.45, 7) is 4.80. The lowest BCUT2D eigenvalue weighted by Crippen LogP contribution is -2.18. The van der Waals surface area contributed by atoms with E-state index in [1.165, 1.54) is 29.6 Å². The molecule has 1 aromatic carbocycles. The van der Waals surface area contributed by atoms with Gasteiger partial charge in [0.25, 0.3) is 5.56 Å². The van der Waals surface area contributed by atoms with Crippen LogP contribution in [0.1, 0.15) is 28.1 Å². The molecule has 0 spiro atoms. The van der Waals surface area contributed by atoms with Gasteiger partial charge in [0.05, 0.1) is 12.0 Å². The lowest BCUT2D eigenvalue weighted by molar-refractivity contribution is -0.138. The van der Waals surface area contributed by atoms with Gasteiger partial charge in [-0.3, -0.25) is 14.7 Å². The van der Waals surface area contributed by atoms with E-state index >= 15 is 0 Å². The van der Waals surface area contributed by atoms with E-state index in [1.807, 2.05) is 0 Å². The van der Waals surface area contributed by atoms with Gasteiger partial charge in [0, 0.05) is 28.7 Å². The van der Waals surface area contributed by atoms with E-state index in [0.29, 0.717) is 22.6 Å². The quantitative estimate of drug-likeness (QED) is 0.735. The zero-order valence-corrected chi connectivity index (χ0v) is 14.9. The van der Waals surface area contributed by atoms with Crippen LogP contribution in [0.25, 0.3) is 5.65 Å². The molecule has 1 amide bonds. The van der Waals surface area contributed by atoms with E-state index in [1.54, 1.807) is 13.8 Å². The van der Waals surface area contributed by atoms with Crippen LogP contribution in [-0.2, 0) is 17.4 Å². The number of aromatic amines is 1. The monoisotopic (exact) mass is 378 g/mol. The number of alkyl halides is 3. The molecule has 0 bridgehead atoms. The number of H-pyrrole nitrogens is 1. The van der Waals surface area contributed by atoms with Gasteiger partial charge in [-0.1, -0.05) is 6.07 Å². The number of aryl methyl sites for hydroxylation is 3. The minimum atomic E-state index is -4.49. The van der Waals surface area contributed by atoms with Crippen molar-refractivity contribution in [3.05, 3.63) is 62.7 Å². The highest BCUT2D eigenvalue weighted by molar-refractivity contribution is 5.92. The van der Waals surface area contributed by atoms with Crippen molar-refractivity contribution in [1.82, 2.24) is 14.6 Å². The number of hydrogen-bond donors (Lipinski definition) is 2. The highest BCUT2D eigenvalue weighted by Gasteiger charge is 2.32. The molecule has 0 aliphatic heterocycles. The Morgan fingerprint density at radius 2 is 1.93 bits per heavy atom. The third-order valence-corrected chi connectivity index (χ3v) is 4.37. The Hall–Kier alpha value is -3.10. The number of anilines is 1. The van der Waals surface area contributed by atoms with Gasteiger partial charge in [0.1, 0.15) is 0 Å². The van der Waals surface area contributed by atoms with Crippen molar-refractivity contribution in [1.29, 1.82) is 0 Å². The number of aromatic nitrogens is 3. The van der Waals surface area contributed by atoms with Crippen LogP contribution in [0.4, 0.5) is 18.9 Å². The Bertz CT molecular complexity index is 1100. The van der Waals surface area contributed by atoms with Crippen LogP contribution in [0.3, 0.4) is 0 Å². The molecule has 0 fully saturated rings. The van der Waals surface area contributed by atoms with Gasteiger partial charge in [-0.25, -0.2) is 9.50 Å². The molecule has 142 valence electrons. The first-order valence-electron chi connectivity index (χ1n) is 8.12. The van der Waals surface area contributed by atoms with Crippen molar-refractivity contribution in [2.24, 2.45) is 0 Å². The normalized spacial score (nSPS) is 11.8. The summed E-state index contributed by atoms with van der Waals surface area (Å²) in [5, 5.41) is 5.08. The molecular weight excluding hydrogens is 361 g/mol. The predicted molar refractivity (Wildman–Crippen MR) is 93.8 cm³/mol. The lowest BCUT2D eigenvalue weighted by Gasteiger charge is -2.14. The van der Waals surface area contributed by atoms with Crippen LogP contribution in [0, 0.1) is 20.8 Å². The van der Waals surface area contributed by atoms with Crippen molar-refractivity contribution < 1.29 is 18.0 Å². The molecule has 2 N–H and O–H groups in total. The van der Waals surface area contributed by atoms with Gasteiger partial charge < -0.3 is 5.32 Å². The average Bonchev–Trinajstić information content (AvgIpc) is 2.92. The third-order valence-electron chi connectivity index (χ3n) is 4.37. The summed E-state index contributed by atoms with van der Waals surface area (Å²) in [4.78, 5) is 28.1. The summed E-state index contributed by atoms with van der Waals surface area (Å²) >= 11 is 0. The number of halogens is 3. The second-order valence-electron chi connectivity index (χ2n) is 6.33. The van der Waals surface area contributed by atoms with Crippen LogP contribution in [0.5, 0.6) is 0 Å². The first-order chi connectivity index (χ1) is 12.6. The summed E-state index contributed by atoms with van der Waals surface area (Å²) in [6.07, 6.45) is -4.58. The number of hydrogen-bond acceptors (Lipinski definition) is 3. The average molecular weight is 378 g/mol. The number of fused-ring (bicyclic) bond motifs is 1. The standard InChI is InChI=1S/C18H17F3N4O2/c1-9-4-5-12(6-14(9)18(19,20)21)23-16(26)7-13-10(2)22-15-8-17(27)24-25(15)11(13)3/h4-6,8H,7H2,1-3H3,(H,23,26)(H,24,27). The van der Waals surface area contributed by atoms with Crippen LogP contribution in [0.15, 0.2) is 29.1 Å². The highest BCUT2D eigenvalue weighted by atomic mass is 19.4. The summed E-state index contributed by atoms with van der Waals surface area (Å²) in [5.41, 5.74) is 1.28. The molecule has 27 heavy (non-hydrogen) atoms. The molecule has 2 aromatic heterocycles. The number of rotatable bonds is 3. The predicted octanol–water partition coefficient (Wildman–Crippen LogP) is 3.15. The van der Waals surface area contributed by atoms with Crippen molar-refractivity contribution in [3.8, 4) is 0 Å². The van der Waals surface area contributed by atoms with Crippen LogP contribution in [-0.4, -0.2) is 20.5 Å². The number of benzene rings is 1. The van der Waals surface area contributed by atoms with Crippen LogP contribution < -0.4 is 10.9 Å². The van der Waals surface area contributed by atoms with Gasteiger partial charge in [-0.05, 0) is 38.5 Å². The Morgan fingerprint density at radius 1 is 1.22 bits per heavy atom. The Kier molecular flexibility index (Phi) is 4.54. The van der Waals surface area contributed by atoms with E-state index < -0.39 is 17.6 Å². The number of nitrogens with one attached hydrogen (secondary N) is 2. The molecular formula is C18H17F3N4O2. The molecule has 0 aliphatic rings. The summed E-state index contributed by atoms with van der Waals surface area (Å²) in [5.74, 6) is -0.478. The lowest BCUT2D eigenvalue weighted by atomic mass is 10.1. The van der Waals surface area contributed by atoms with E-state index in [9.17, 15) is 22.8 Å². The molecule has 0 unspecified atom stereocenters. The molecule has 3 rings (SSSR count). The molecule has 6 nitrogen and oxygen atoms in total.